The molecule has 1 unspecified atom stereocenters. The van der Waals surface area contributed by atoms with Crippen LogP contribution in [0.4, 0.5) is 22.0 Å². The van der Waals surface area contributed by atoms with Gasteiger partial charge in [0.1, 0.15) is 0 Å². The first kappa shape index (κ1) is 26.6. The first-order valence-electron chi connectivity index (χ1n) is 10.4. The highest BCUT2D eigenvalue weighted by Gasteiger charge is 2.40. The number of ether oxygens (including phenoxy) is 3. The third-order valence-electron chi connectivity index (χ3n) is 4.72. The Bertz CT molecular complexity index is 622. The van der Waals surface area contributed by atoms with Gasteiger partial charge in [0, 0.05) is 13.2 Å². The second kappa shape index (κ2) is 13.1. The third kappa shape index (κ3) is 7.06. The molecule has 0 spiro atoms. The van der Waals surface area contributed by atoms with Gasteiger partial charge in [0.25, 0.3) is 5.97 Å². The van der Waals surface area contributed by atoms with Crippen molar-refractivity contribution < 1.29 is 41.3 Å². The number of hydrogen-bond donors (Lipinski definition) is 1. The Kier molecular flexibility index (Phi) is 11.6. The Hall–Kier alpha value is -1.45. The van der Waals surface area contributed by atoms with Crippen molar-refractivity contribution in [3.63, 3.8) is 0 Å². The monoisotopic (exact) mass is 442 g/mol. The van der Waals surface area contributed by atoms with Crippen LogP contribution in [0, 0.1) is 35.0 Å². The normalized spacial score (nSPS) is 13.0. The summed E-state index contributed by atoms with van der Waals surface area (Å²) in [6, 6.07) is 0. The fourth-order valence-corrected chi connectivity index (χ4v) is 3.13. The summed E-state index contributed by atoms with van der Waals surface area (Å²) < 4.78 is 83.4. The molecule has 0 saturated heterocycles. The summed E-state index contributed by atoms with van der Waals surface area (Å²) in [6.45, 7) is 4.92. The third-order valence-corrected chi connectivity index (χ3v) is 4.72. The molecule has 0 aromatic heterocycles. The zero-order valence-corrected chi connectivity index (χ0v) is 17.7. The largest absolute Gasteiger partial charge is 0.487 e. The molecule has 0 aliphatic rings. The SMILES string of the molecule is CCCCCCCCC(COc1c(F)c(F)c(F)c(F)c1F)C(O)(OCC)OCC. The van der Waals surface area contributed by atoms with Gasteiger partial charge in [-0.3, -0.25) is 0 Å². The number of halogens is 5. The summed E-state index contributed by atoms with van der Waals surface area (Å²) in [7, 11) is 0. The van der Waals surface area contributed by atoms with Gasteiger partial charge >= 0.3 is 0 Å². The molecule has 0 fully saturated rings. The second-order valence-electron chi connectivity index (χ2n) is 6.96. The van der Waals surface area contributed by atoms with Crippen LogP contribution in [0.25, 0.3) is 0 Å². The molecule has 174 valence electrons. The molecule has 0 bridgehead atoms. The van der Waals surface area contributed by atoms with Gasteiger partial charge in [-0.1, -0.05) is 45.4 Å². The van der Waals surface area contributed by atoms with Crippen LogP contribution in [-0.4, -0.2) is 30.9 Å². The van der Waals surface area contributed by atoms with Gasteiger partial charge in [-0.2, -0.15) is 8.78 Å². The van der Waals surface area contributed by atoms with Crippen LogP contribution in [0.15, 0.2) is 0 Å². The van der Waals surface area contributed by atoms with Crippen LogP contribution in [0.3, 0.4) is 0 Å². The molecular weight excluding hydrogens is 411 g/mol. The second-order valence-corrected chi connectivity index (χ2v) is 6.96. The molecule has 0 saturated carbocycles. The van der Waals surface area contributed by atoms with Gasteiger partial charge in [-0.05, 0) is 20.3 Å². The highest BCUT2D eigenvalue weighted by molar-refractivity contribution is 5.29. The van der Waals surface area contributed by atoms with Crippen LogP contribution in [0.1, 0.15) is 65.7 Å². The maximum Gasteiger partial charge on any atom is 0.286 e. The van der Waals surface area contributed by atoms with Gasteiger partial charge in [-0.15, -0.1) is 0 Å². The minimum absolute atomic E-state index is 0.0754. The fraction of sp³-hybridized carbons (Fsp3) is 0.714. The first-order chi connectivity index (χ1) is 14.2. The van der Waals surface area contributed by atoms with E-state index in [0.29, 0.717) is 12.8 Å². The smallest absolute Gasteiger partial charge is 0.286 e. The summed E-state index contributed by atoms with van der Waals surface area (Å²) in [5.74, 6) is -15.0. The van der Waals surface area contributed by atoms with E-state index in [1.54, 1.807) is 13.8 Å². The molecule has 0 radical (unpaired) electrons. The molecule has 4 nitrogen and oxygen atoms in total. The predicted molar refractivity (Wildman–Crippen MR) is 101 cm³/mol. The fourth-order valence-electron chi connectivity index (χ4n) is 3.13. The van der Waals surface area contributed by atoms with E-state index in [1.165, 1.54) is 0 Å². The van der Waals surface area contributed by atoms with Gasteiger partial charge in [0.2, 0.25) is 29.1 Å². The summed E-state index contributed by atoms with van der Waals surface area (Å²) in [5, 5.41) is 10.8. The molecule has 9 heteroatoms. The number of benzene rings is 1. The van der Waals surface area contributed by atoms with Crippen LogP contribution in [-0.2, 0) is 9.47 Å². The van der Waals surface area contributed by atoms with E-state index < -0.39 is 53.3 Å². The number of unbranched alkanes of at least 4 members (excludes halogenated alkanes) is 5. The molecular formula is C21H31F5O4. The van der Waals surface area contributed by atoms with Gasteiger partial charge in [0.15, 0.2) is 5.75 Å². The van der Waals surface area contributed by atoms with Gasteiger partial charge in [0.05, 0.1) is 12.5 Å². The number of rotatable bonds is 15. The van der Waals surface area contributed by atoms with Crippen LogP contribution >= 0.6 is 0 Å². The van der Waals surface area contributed by atoms with Crippen molar-refractivity contribution in [3.8, 4) is 5.75 Å². The summed E-state index contributed by atoms with van der Waals surface area (Å²) in [6.07, 6.45) is 6.01. The van der Waals surface area contributed by atoms with Crippen molar-refractivity contribution in [2.24, 2.45) is 5.92 Å². The van der Waals surface area contributed by atoms with Crippen LogP contribution in [0.5, 0.6) is 5.75 Å². The van der Waals surface area contributed by atoms with E-state index in [1.807, 2.05) is 0 Å². The summed E-state index contributed by atoms with van der Waals surface area (Å²) in [4.78, 5) is 0. The molecule has 1 aromatic carbocycles. The zero-order valence-electron chi connectivity index (χ0n) is 17.7. The summed E-state index contributed by atoms with van der Waals surface area (Å²) >= 11 is 0. The maximum atomic E-state index is 13.9. The lowest BCUT2D eigenvalue weighted by Crippen LogP contribution is -2.46. The molecule has 1 aromatic rings. The van der Waals surface area contributed by atoms with Crippen molar-refractivity contribution in [1.82, 2.24) is 0 Å². The molecule has 0 amide bonds. The Morgan fingerprint density at radius 3 is 1.70 bits per heavy atom. The molecule has 1 atom stereocenters. The van der Waals surface area contributed by atoms with Crippen molar-refractivity contribution in [2.75, 3.05) is 19.8 Å². The van der Waals surface area contributed by atoms with E-state index in [4.69, 9.17) is 14.2 Å². The lowest BCUT2D eigenvalue weighted by molar-refractivity contribution is -0.386. The molecule has 0 heterocycles. The van der Waals surface area contributed by atoms with Crippen LogP contribution in [0.2, 0.25) is 0 Å². The Balaban J connectivity index is 2.97. The Morgan fingerprint density at radius 1 is 0.733 bits per heavy atom. The minimum Gasteiger partial charge on any atom is -0.487 e. The average Bonchev–Trinajstić information content (AvgIpc) is 2.71. The van der Waals surface area contributed by atoms with Gasteiger partial charge in [-0.25, -0.2) is 13.2 Å². The van der Waals surface area contributed by atoms with Crippen LogP contribution < -0.4 is 4.74 Å². The lowest BCUT2D eigenvalue weighted by atomic mass is 9.98. The standard InChI is InChI=1S/C21H31F5O4/c1-4-7-8-9-10-11-12-14(21(27,29-5-2)30-6-3)13-28-20-18(25)16(23)15(22)17(24)19(20)26/h14,27H,4-13H2,1-3H3. The quantitative estimate of drug-likeness (QED) is 0.122. The first-order valence-corrected chi connectivity index (χ1v) is 10.4. The maximum absolute atomic E-state index is 13.9. The number of aliphatic hydroxyl groups is 1. The summed E-state index contributed by atoms with van der Waals surface area (Å²) in [5.41, 5.74) is 0. The van der Waals surface area contributed by atoms with E-state index in [9.17, 15) is 27.1 Å². The highest BCUT2D eigenvalue weighted by Crippen LogP contribution is 2.32. The van der Waals surface area contributed by atoms with Gasteiger partial charge < -0.3 is 19.3 Å². The Labute approximate surface area is 174 Å². The van der Waals surface area contributed by atoms with Crippen molar-refractivity contribution in [1.29, 1.82) is 0 Å². The predicted octanol–water partition coefficient (Wildman–Crippen LogP) is 5.85. The van der Waals surface area contributed by atoms with Crippen molar-refractivity contribution >= 4 is 0 Å². The molecule has 1 N–H and O–H groups in total. The highest BCUT2D eigenvalue weighted by atomic mass is 19.2. The molecule has 0 aliphatic carbocycles. The Morgan fingerprint density at radius 2 is 1.20 bits per heavy atom. The van der Waals surface area contributed by atoms with Crippen molar-refractivity contribution in [2.45, 2.75) is 71.7 Å². The average molecular weight is 442 g/mol. The lowest BCUT2D eigenvalue weighted by Gasteiger charge is -2.34. The van der Waals surface area contributed by atoms with E-state index >= 15 is 0 Å². The van der Waals surface area contributed by atoms with E-state index in [0.717, 1.165) is 32.1 Å². The van der Waals surface area contributed by atoms with Crippen molar-refractivity contribution in [3.05, 3.63) is 29.1 Å². The molecule has 1 rings (SSSR count). The molecule has 0 aliphatic heterocycles. The molecule has 30 heavy (non-hydrogen) atoms. The minimum atomic E-state index is -2.26. The zero-order chi connectivity index (χ0) is 22.7. The van der Waals surface area contributed by atoms with E-state index in [-0.39, 0.29) is 13.2 Å². The topological polar surface area (TPSA) is 47.9 Å². The van der Waals surface area contributed by atoms with E-state index in [2.05, 4.69) is 6.92 Å². The number of hydrogen-bond acceptors (Lipinski definition) is 4.